The first-order valence-corrected chi connectivity index (χ1v) is 6.26. The highest BCUT2D eigenvalue weighted by molar-refractivity contribution is 5.21. The van der Waals surface area contributed by atoms with Gasteiger partial charge in [0.2, 0.25) is 0 Å². The van der Waals surface area contributed by atoms with Crippen LogP contribution in [0.25, 0.3) is 0 Å². The molecule has 0 saturated heterocycles. The largest absolute Gasteiger partial charge is 0.349 e. The number of aromatic amines is 1. The molecule has 4 heteroatoms. The van der Waals surface area contributed by atoms with Crippen molar-refractivity contribution in [2.24, 2.45) is 0 Å². The molecule has 1 aromatic heterocycles. The normalized spacial score (nSPS) is 12.6. The fraction of sp³-hybridized carbons (Fsp3) is 0.357. The molecule has 1 heterocycles. The van der Waals surface area contributed by atoms with Gasteiger partial charge in [-0.3, -0.25) is 0 Å². The lowest BCUT2D eigenvalue weighted by atomic mass is 10.0. The van der Waals surface area contributed by atoms with Crippen LogP contribution in [0.5, 0.6) is 0 Å². The molecule has 1 unspecified atom stereocenters. The molecule has 0 aliphatic carbocycles. The Morgan fingerprint density at radius 1 is 1.44 bits per heavy atom. The van der Waals surface area contributed by atoms with Crippen LogP contribution in [0.15, 0.2) is 36.7 Å². The fourth-order valence-corrected chi connectivity index (χ4v) is 1.95. The number of hydrogen-bond acceptors (Lipinski definition) is 2. The molecule has 2 N–H and O–H groups in total. The van der Waals surface area contributed by atoms with Crippen molar-refractivity contribution in [3.05, 3.63) is 53.9 Å². The predicted octanol–water partition coefficient (Wildman–Crippen LogP) is 2.83. The third-order valence-electron chi connectivity index (χ3n) is 2.84. The summed E-state index contributed by atoms with van der Waals surface area (Å²) in [6, 6.07) is 6.82. The van der Waals surface area contributed by atoms with Crippen molar-refractivity contribution in [3.8, 4) is 0 Å². The smallest absolute Gasteiger partial charge is 0.123 e. The Morgan fingerprint density at radius 2 is 2.33 bits per heavy atom. The minimum absolute atomic E-state index is 0.0896. The van der Waals surface area contributed by atoms with Gasteiger partial charge in [-0.15, -0.1) is 0 Å². The molecule has 0 radical (unpaired) electrons. The average Bonchev–Trinajstić information content (AvgIpc) is 2.87. The lowest BCUT2D eigenvalue weighted by molar-refractivity contribution is 0.516. The van der Waals surface area contributed by atoms with E-state index in [9.17, 15) is 4.39 Å². The number of imidazole rings is 1. The van der Waals surface area contributed by atoms with E-state index in [0.717, 1.165) is 30.8 Å². The van der Waals surface area contributed by atoms with Gasteiger partial charge in [-0.2, -0.15) is 0 Å². The van der Waals surface area contributed by atoms with E-state index in [1.807, 2.05) is 6.07 Å². The minimum Gasteiger partial charge on any atom is -0.349 e. The first-order chi connectivity index (χ1) is 8.79. The molecule has 96 valence electrons. The topological polar surface area (TPSA) is 40.7 Å². The summed E-state index contributed by atoms with van der Waals surface area (Å²) in [6.07, 6.45) is 5.32. The van der Waals surface area contributed by atoms with Crippen LogP contribution >= 0.6 is 0 Å². The highest BCUT2D eigenvalue weighted by Crippen LogP contribution is 2.17. The molecule has 3 nitrogen and oxygen atoms in total. The molecule has 1 aromatic carbocycles. The quantitative estimate of drug-likeness (QED) is 0.824. The molecule has 2 aromatic rings. The number of benzene rings is 1. The van der Waals surface area contributed by atoms with E-state index >= 15 is 0 Å². The summed E-state index contributed by atoms with van der Waals surface area (Å²) < 4.78 is 13.3. The van der Waals surface area contributed by atoms with E-state index in [4.69, 9.17) is 0 Å². The van der Waals surface area contributed by atoms with Gasteiger partial charge < -0.3 is 10.3 Å². The van der Waals surface area contributed by atoms with Gasteiger partial charge in [-0.25, -0.2) is 9.37 Å². The number of H-pyrrole nitrogens is 1. The number of halogens is 1. The van der Waals surface area contributed by atoms with Gasteiger partial charge in [0.05, 0.1) is 0 Å². The van der Waals surface area contributed by atoms with E-state index in [1.54, 1.807) is 24.5 Å². The molecule has 0 amide bonds. The fourth-order valence-electron chi connectivity index (χ4n) is 1.95. The number of nitrogens with one attached hydrogen (secondary N) is 2. The molecular weight excluding hydrogens is 229 g/mol. The van der Waals surface area contributed by atoms with Gasteiger partial charge in [-0.05, 0) is 30.7 Å². The highest BCUT2D eigenvalue weighted by Gasteiger charge is 2.13. The van der Waals surface area contributed by atoms with Crippen LogP contribution in [-0.4, -0.2) is 16.5 Å². The Morgan fingerprint density at radius 3 is 3.00 bits per heavy atom. The summed E-state index contributed by atoms with van der Waals surface area (Å²) in [7, 11) is 0. The van der Waals surface area contributed by atoms with Gasteiger partial charge in [0, 0.05) is 24.9 Å². The lowest BCUT2D eigenvalue weighted by Crippen LogP contribution is -2.24. The Kier molecular flexibility index (Phi) is 4.47. The van der Waals surface area contributed by atoms with E-state index < -0.39 is 0 Å². The molecule has 0 saturated carbocycles. The van der Waals surface area contributed by atoms with Gasteiger partial charge in [-0.1, -0.05) is 19.1 Å². The zero-order valence-electron chi connectivity index (χ0n) is 10.5. The second kappa shape index (κ2) is 6.31. The third kappa shape index (κ3) is 3.40. The molecule has 18 heavy (non-hydrogen) atoms. The van der Waals surface area contributed by atoms with Gasteiger partial charge in [0.15, 0.2) is 0 Å². The number of hydrogen-bond donors (Lipinski definition) is 2. The molecule has 1 atom stereocenters. The number of aromatic nitrogens is 2. The highest BCUT2D eigenvalue weighted by atomic mass is 19.1. The van der Waals surface area contributed by atoms with Gasteiger partial charge >= 0.3 is 0 Å². The molecule has 2 rings (SSSR count). The molecule has 0 bridgehead atoms. The van der Waals surface area contributed by atoms with Crippen molar-refractivity contribution in [2.75, 3.05) is 6.54 Å². The number of nitrogens with zero attached hydrogens (tertiary/aromatic N) is 1. The first kappa shape index (κ1) is 12.8. The van der Waals surface area contributed by atoms with Crippen molar-refractivity contribution in [1.82, 2.24) is 15.3 Å². The van der Waals surface area contributed by atoms with Crippen molar-refractivity contribution in [1.29, 1.82) is 0 Å². The zero-order valence-corrected chi connectivity index (χ0v) is 10.5. The summed E-state index contributed by atoms with van der Waals surface area (Å²) in [6.45, 7) is 3.02. The Bertz CT molecular complexity index is 468. The van der Waals surface area contributed by atoms with Gasteiger partial charge in [0.25, 0.3) is 0 Å². The van der Waals surface area contributed by atoms with E-state index in [0.29, 0.717) is 0 Å². The van der Waals surface area contributed by atoms with Gasteiger partial charge in [0.1, 0.15) is 11.6 Å². The maximum absolute atomic E-state index is 13.3. The van der Waals surface area contributed by atoms with E-state index in [1.165, 1.54) is 6.07 Å². The molecular formula is C14H18FN3. The second-order valence-corrected chi connectivity index (χ2v) is 4.30. The maximum atomic E-state index is 13.3. The summed E-state index contributed by atoms with van der Waals surface area (Å²) in [4.78, 5) is 7.31. The first-order valence-electron chi connectivity index (χ1n) is 6.26. The average molecular weight is 247 g/mol. The van der Waals surface area contributed by atoms with Crippen LogP contribution in [-0.2, 0) is 6.42 Å². The van der Waals surface area contributed by atoms with E-state index in [2.05, 4.69) is 22.2 Å². The number of rotatable bonds is 6. The Balaban J connectivity index is 2.13. The third-order valence-corrected chi connectivity index (χ3v) is 2.84. The standard InChI is InChI=1S/C14H18FN3/c1-2-6-16-13(10-14-17-7-8-18-14)11-4-3-5-12(15)9-11/h3-5,7-9,13,16H,2,6,10H2,1H3,(H,17,18). The van der Waals surface area contributed by atoms with Crippen LogP contribution in [0, 0.1) is 5.82 Å². The Hall–Kier alpha value is -1.68. The zero-order chi connectivity index (χ0) is 12.8. The van der Waals surface area contributed by atoms with Crippen molar-refractivity contribution in [3.63, 3.8) is 0 Å². The molecule has 0 fully saturated rings. The van der Waals surface area contributed by atoms with Crippen LogP contribution in [0.4, 0.5) is 4.39 Å². The van der Waals surface area contributed by atoms with Crippen molar-refractivity contribution in [2.45, 2.75) is 25.8 Å². The predicted molar refractivity (Wildman–Crippen MR) is 69.7 cm³/mol. The Labute approximate surface area is 106 Å². The SMILES string of the molecule is CCCNC(Cc1ncc[nH]1)c1cccc(F)c1. The van der Waals surface area contributed by atoms with Crippen LogP contribution in [0.3, 0.4) is 0 Å². The van der Waals surface area contributed by atoms with Crippen LogP contribution < -0.4 is 5.32 Å². The van der Waals surface area contributed by atoms with Crippen molar-refractivity contribution < 1.29 is 4.39 Å². The summed E-state index contributed by atoms with van der Waals surface area (Å²) >= 11 is 0. The molecule has 0 spiro atoms. The summed E-state index contributed by atoms with van der Waals surface area (Å²) in [5, 5.41) is 3.42. The lowest BCUT2D eigenvalue weighted by Gasteiger charge is -2.18. The summed E-state index contributed by atoms with van der Waals surface area (Å²) in [5.41, 5.74) is 0.958. The van der Waals surface area contributed by atoms with Crippen molar-refractivity contribution >= 4 is 0 Å². The summed E-state index contributed by atoms with van der Waals surface area (Å²) in [5.74, 6) is 0.711. The second-order valence-electron chi connectivity index (χ2n) is 4.30. The minimum atomic E-state index is -0.199. The van der Waals surface area contributed by atoms with E-state index in [-0.39, 0.29) is 11.9 Å². The maximum Gasteiger partial charge on any atom is 0.123 e. The molecule has 0 aliphatic heterocycles. The van der Waals surface area contributed by atoms with Crippen LogP contribution in [0.1, 0.15) is 30.8 Å². The van der Waals surface area contributed by atoms with Crippen LogP contribution in [0.2, 0.25) is 0 Å². The molecule has 0 aliphatic rings. The monoisotopic (exact) mass is 247 g/mol.